The van der Waals surface area contributed by atoms with Crippen molar-refractivity contribution in [2.24, 2.45) is 5.92 Å². The summed E-state index contributed by atoms with van der Waals surface area (Å²) in [5, 5.41) is 9.80. The molecule has 3 nitrogen and oxygen atoms in total. The number of rotatable bonds is 3. The molecule has 0 bridgehead atoms. The largest absolute Gasteiger partial charge is 0.392 e. The van der Waals surface area contributed by atoms with Crippen LogP contribution >= 0.6 is 0 Å². The molecule has 84 valence electrons. The van der Waals surface area contributed by atoms with Crippen LogP contribution < -0.4 is 0 Å². The molecule has 0 spiro atoms. The number of aliphatic hydroxyl groups excluding tert-OH is 1. The van der Waals surface area contributed by atoms with E-state index in [1.807, 2.05) is 34.6 Å². The normalized spacial score (nSPS) is 13.3. The van der Waals surface area contributed by atoms with Gasteiger partial charge in [0.2, 0.25) is 0 Å². The molecule has 1 N–H and O–H groups in total. The highest BCUT2D eigenvalue weighted by molar-refractivity contribution is 5.18. The first kappa shape index (κ1) is 12.1. The van der Waals surface area contributed by atoms with Crippen molar-refractivity contribution in [3.8, 4) is 0 Å². The van der Waals surface area contributed by atoms with Gasteiger partial charge in [0.1, 0.15) is 0 Å². The molecule has 0 amide bonds. The number of aryl methyl sites for hydroxylation is 3. The zero-order chi connectivity index (χ0) is 11.6. The van der Waals surface area contributed by atoms with Crippen molar-refractivity contribution in [2.45, 2.75) is 47.1 Å². The van der Waals surface area contributed by atoms with Gasteiger partial charge >= 0.3 is 0 Å². The van der Waals surface area contributed by atoms with Gasteiger partial charge in [-0.25, -0.2) is 0 Å². The third kappa shape index (κ3) is 2.99. The summed E-state index contributed by atoms with van der Waals surface area (Å²) in [7, 11) is 0. The monoisotopic (exact) mass is 208 g/mol. The van der Waals surface area contributed by atoms with Crippen molar-refractivity contribution in [3.05, 3.63) is 22.8 Å². The molecule has 1 aromatic rings. The van der Waals surface area contributed by atoms with Crippen molar-refractivity contribution < 1.29 is 5.11 Å². The molecular weight excluding hydrogens is 188 g/mol. The van der Waals surface area contributed by atoms with E-state index in [0.29, 0.717) is 6.42 Å². The maximum Gasteiger partial charge on any atom is 0.0645 e. The molecule has 1 aromatic heterocycles. The fraction of sp³-hybridized carbons (Fsp3) is 0.667. The van der Waals surface area contributed by atoms with Crippen molar-refractivity contribution >= 4 is 0 Å². The second-order valence-electron chi connectivity index (χ2n) is 4.44. The van der Waals surface area contributed by atoms with Crippen LogP contribution in [0.2, 0.25) is 0 Å². The van der Waals surface area contributed by atoms with Crippen LogP contribution in [0.3, 0.4) is 0 Å². The van der Waals surface area contributed by atoms with Crippen LogP contribution in [0.1, 0.15) is 36.6 Å². The minimum Gasteiger partial charge on any atom is -0.392 e. The highest BCUT2D eigenvalue weighted by Crippen LogP contribution is 2.12. The zero-order valence-corrected chi connectivity index (χ0v) is 10.2. The average molecular weight is 208 g/mol. The van der Waals surface area contributed by atoms with Gasteiger partial charge in [-0.1, -0.05) is 13.8 Å². The Hall–Kier alpha value is -0.960. The van der Waals surface area contributed by atoms with E-state index in [1.165, 1.54) is 0 Å². The van der Waals surface area contributed by atoms with E-state index in [0.717, 1.165) is 22.8 Å². The molecule has 0 aromatic carbocycles. The van der Waals surface area contributed by atoms with E-state index in [2.05, 4.69) is 9.97 Å². The summed E-state index contributed by atoms with van der Waals surface area (Å²) in [6.07, 6.45) is 0.262. The first-order valence-corrected chi connectivity index (χ1v) is 5.40. The molecule has 0 aliphatic rings. The van der Waals surface area contributed by atoms with Crippen molar-refractivity contribution in [2.75, 3.05) is 0 Å². The lowest BCUT2D eigenvalue weighted by Gasteiger charge is -2.15. The van der Waals surface area contributed by atoms with Gasteiger partial charge in [-0.2, -0.15) is 0 Å². The van der Waals surface area contributed by atoms with Crippen LogP contribution in [-0.2, 0) is 6.42 Å². The summed E-state index contributed by atoms with van der Waals surface area (Å²) in [6, 6.07) is 0. The summed E-state index contributed by atoms with van der Waals surface area (Å²) in [5.74, 6) is 0.257. The Morgan fingerprint density at radius 2 is 1.53 bits per heavy atom. The van der Waals surface area contributed by atoms with E-state index in [1.54, 1.807) is 0 Å². The number of nitrogens with zero attached hydrogens (tertiary/aromatic N) is 2. The first-order chi connectivity index (χ1) is 6.91. The lowest BCUT2D eigenvalue weighted by atomic mass is 10.0. The quantitative estimate of drug-likeness (QED) is 0.826. The smallest absolute Gasteiger partial charge is 0.0645 e. The van der Waals surface area contributed by atoms with Crippen LogP contribution in [0.5, 0.6) is 0 Å². The third-order valence-corrected chi connectivity index (χ3v) is 2.75. The zero-order valence-electron chi connectivity index (χ0n) is 10.2. The van der Waals surface area contributed by atoms with Gasteiger partial charge in [-0.15, -0.1) is 0 Å². The van der Waals surface area contributed by atoms with Gasteiger partial charge in [-0.3, -0.25) is 9.97 Å². The molecule has 0 saturated carbocycles. The highest BCUT2D eigenvalue weighted by atomic mass is 16.3. The number of aromatic nitrogens is 2. The molecular formula is C12H20N2O. The minimum atomic E-state index is -0.333. The molecule has 15 heavy (non-hydrogen) atoms. The second-order valence-corrected chi connectivity index (χ2v) is 4.44. The third-order valence-electron chi connectivity index (χ3n) is 2.75. The van der Waals surface area contributed by atoms with Crippen LogP contribution in [0, 0.1) is 26.7 Å². The molecule has 0 aliphatic heterocycles. The Kier molecular flexibility index (Phi) is 3.80. The van der Waals surface area contributed by atoms with Gasteiger partial charge < -0.3 is 5.11 Å². The Balaban J connectivity index is 2.91. The van der Waals surface area contributed by atoms with E-state index >= 15 is 0 Å². The topological polar surface area (TPSA) is 46.0 Å². The fourth-order valence-electron chi connectivity index (χ4n) is 1.39. The van der Waals surface area contributed by atoms with Crippen molar-refractivity contribution in [1.82, 2.24) is 9.97 Å². The lowest BCUT2D eigenvalue weighted by Crippen LogP contribution is -2.19. The van der Waals surface area contributed by atoms with Crippen LogP contribution in [0.15, 0.2) is 0 Å². The van der Waals surface area contributed by atoms with E-state index < -0.39 is 0 Å². The predicted octanol–water partition coefficient (Wildman–Crippen LogP) is 1.96. The Morgan fingerprint density at radius 1 is 1.00 bits per heavy atom. The molecule has 1 unspecified atom stereocenters. The van der Waals surface area contributed by atoms with Gasteiger partial charge in [0.05, 0.1) is 28.9 Å². The molecule has 1 rings (SSSR count). The minimum absolute atomic E-state index is 0.257. The summed E-state index contributed by atoms with van der Waals surface area (Å²) < 4.78 is 0. The SMILES string of the molecule is Cc1nc(C)c(CC(O)C(C)C)nc1C. The van der Waals surface area contributed by atoms with Crippen molar-refractivity contribution in [3.63, 3.8) is 0 Å². The molecule has 3 heteroatoms. The summed E-state index contributed by atoms with van der Waals surface area (Å²) >= 11 is 0. The fourth-order valence-corrected chi connectivity index (χ4v) is 1.39. The molecule has 1 heterocycles. The van der Waals surface area contributed by atoms with Crippen molar-refractivity contribution in [1.29, 1.82) is 0 Å². The van der Waals surface area contributed by atoms with Gasteiger partial charge in [-0.05, 0) is 26.7 Å². The van der Waals surface area contributed by atoms with Gasteiger partial charge in [0.15, 0.2) is 0 Å². The van der Waals surface area contributed by atoms with E-state index in [9.17, 15) is 5.11 Å². The summed E-state index contributed by atoms with van der Waals surface area (Å²) in [4.78, 5) is 8.88. The number of aliphatic hydroxyl groups is 1. The van der Waals surface area contributed by atoms with Crippen LogP contribution in [0.25, 0.3) is 0 Å². The first-order valence-electron chi connectivity index (χ1n) is 5.40. The predicted molar refractivity (Wildman–Crippen MR) is 60.8 cm³/mol. The lowest BCUT2D eigenvalue weighted by molar-refractivity contribution is 0.124. The molecule has 1 atom stereocenters. The Bertz CT molecular complexity index is 348. The number of hydrogen-bond acceptors (Lipinski definition) is 3. The van der Waals surface area contributed by atoms with Crippen LogP contribution in [0.4, 0.5) is 0 Å². The van der Waals surface area contributed by atoms with Crippen LogP contribution in [-0.4, -0.2) is 21.2 Å². The summed E-state index contributed by atoms with van der Waals surface area (Å²) in [5.41, 5.74) is 3.76. The molecule has 0 fully saturated rings. The molecule has 0 aliphatic carbocycles. The average Bonchev–Trinajstić information content (AvgIpc) is 2.13. The standard InChI is InChI=1S/C12H20N2O/c1-7(2)12(15)6-11-10(5)13-8(3)9(4)14-11/h7,12,15H,6H2,1-5H3. The summed E-state index contributed by atoms with van der Waals surface area (Å²) in [6.45, 7) is 9.87. The second kappa shape index (κ2) is 4.71. The molecule has 0 radical (unpaired) electrons. The maximum atomic E-state index is 9.80. The Labute approximate surface area is 91.6 Å². The maximum absolute atomic E-state index is 9.80. The van der Waals surface area contributed by atoms with Gasteiger partial charge in [0, 0.05) is 6.42 Å². The Morgan fingerprint density at radius 3 is 2.07 bits per heavy atom. The molecule has 0 saturated heterocycles. The van der Waals surface area contributed by atoms with E-state index in [-0.39, 0.29) is 12.0 Å². The van der Waals surface area contributed by atoms with E-state index in [4.69, 9.17) is 0 Å². The number of hydrogen-bond donors (Lipinski definition) is 1. The van der Waals surface area contributed by atoms with Gasteiger partial charge in [0.25, 0.3) is 0 Å². The highest BCUT2D eigenvalue weighted by Gasteiger charge is 2.14.